The molecule has 1 atom stereocenters. The van der Waals surface area contributed by atoms with Gasteiger partial charge in [-0.3, -0.25) is 9.88 Å². The first-order chi connectivity index (χ1) is 17.6. The molecule has 0 unspecified atom stereocenters. The molecule has 9 heteroatoms. The van der Waals surface area contributed by atoms with Crippen LogP contribution >= 0.6 is 0 Å². The van der Waals surface area contributed by atoms with E-state index in [2.05, 4.69) is 20.9 Å². The van der Waals surface area contributed by atoms with Crippen LogP contribution in [0.4, 0.5) is 5.69 Å². The molecule has 0 aliphatic carbocycles. The number of anilines is 1. The van der Waals surface area contributed by atoms with Gasteiger partial charge in [0.05, 0.1) is 16.1 Å². The number of rotatable bonds is 6. The third-order valence-electron chi connectivity index (χ3n) is 7.55. The van der Waals surface area contributed by atoms with Gasteiger partial charge >= 0.3 is 0 Å². The molecule has 0 spiro atoms. The fraction of sp³-hybridized carbons (Fsp3) is 0.444. The molecule has 6 rings (SSSR count). The Morgan fingerprint density at radius 2 is 1.75 bits per heavy atom. The van der Waals surface area contributed by atoms with Crippen LogP contribution in [0, 0.1) is 0 Å². The van der Waals surface area contributed by atoms with Crippen LogP contribution in [0.1, 0.15) is 19.3 Å². The van der Waals surface area contributed by atoms with Gasteiger partial charge in [-0.15, -0.1) is 0 Å². The summed E-state index contributed by atoms with van der Waals surface area (Å²) in [5.74, 6) is 1.68. The lowest BCUT2D eigenvalue weighted by Gasteiger charge is -2.38. The van der Waals surface area contributed by atoms with Crippen molar-refractivity contribution in [2.75, 3.05) is 57.4 Å². The van der Waals surface area contributed by atoms with Crippen LogP contribution in [-0.4, -0.2) is 81.1 Å². The number of para-hydroxylation sites is 1. The molecule has 2 saturated heterocycles. The largest absolute Gasteiger partial charge is 0.486 e. The molecule has 0 N–H and O–H groups in total. The minimum atomic E-state index is -3.58. The van der Waals surface area contributed by atoms with E-state index < -0.39 is 10.0 Å². The number of hydrogen-bond donors (Lipinski definition) is 0. The first kappa shape index (κ1) is 23.5. The summed E-state index contributed by atoms with van der Waals surface area (Å²) in [4.78, 5) is 9.53. The van der Waals surface area contributed by atoms with Gasteiger partial charge in [0.25, 0.3) is 0 Å². The lowest BCUT2D eigenvalue weighted by Crippen LogP contribution is -2.48. The second-order valence-electron chi connectivity index (χ2n) is 9.66. The highest BCUT2D eigenvalue weighted by molar-refractivity contribution is 7.89. The van der Waals surface area contributed by atoms with Crippen molar-refractivity contribution in [3.05, 3.63) is 54.7 Å². The Bertz CT molecular complexity index is 1340. The van der Waals surface area contributed by atoms with Crippen molar-refractivity contribution < 1.29 is 17.9 Å². The number of benzene rings is 2. The molecule has 2 fully saturated rings. The van der Waals surface area contributed by atoms with Gasteiger partial charge in [0.2, 0.25) is 10.0 Å². The zero-order chi connectivity index (χ0) is 24.5. The van der Waals surface area contributed by atoms with Gasteiger partial charge in [0.1, 0.15) is 13.2 Å². The number of ether oxygens (including phenoxy) is 2. The minimum Gasteiger partial charge on any atom is -0.486 e. The van der Waals surface area contributed by atoms with Crippen LogP contribution in [0.2, 0.25) is 0 Å². The van der Waals surface area contributed by atoms with Crippen LogP contribution in [0.25, 0.3) is 10.9 Å². The van der Waals surface area contributed by atoms with Gasteiger partial charge in [0.15, 0.2) is 11.5 Å². The second-order valence-corrected chi connectivity index (χ2v) is 11.5. The molecule has 3 aliphatic rings. The molecule has 0 saturated carbocycles. The maximum absolute atomic E-state index is 13.7. The van der Waals surface area contributed by atoms with Gasteiger partial charge < -0.3 is 14.4 Å². The molecule has 4 heterocycles. The monoisotopic (exact) mass is 508 g/mol. The summed E-state index contributed by atoms with van der Waals surface area (Å²) in [6, 6.07) is 15.1. The average Bonchev–Trinajstić information content (AvgIpc) is 3.41. The van der Waals surface area contributed by atoms with E-state index in [4.69, 9.17) is 9.47 Å². The van der Waals surface area contributed by atoms with Gasteiger partial charge in [0, 0.05) is 50.3 Å². The van der Waals surface area contributed by atoms with Crippen LogP contribution in [0.15, 0.2) is 59.6 Å². The third kappa shape index (κ3) is 4.40. The summed E-state index contributed by atoms with van der Waals surface area (Å²) in [7, 11) is -3.58. The van der Waals surface area contributed by atoms with E-state index in [9.17, 15) is 8.42 Å². The molecule has 190 valence electrons. The fourth-order valence-corrected chi connectivity index (χ4v) is 7.62. The summed E-state index contributed by atoms with van der Waals surface area (Å²) < 4.78 is 40.8. The molecule has 1 aromatic heterocycles. The molecule has 3 aromatic rings. The molecule has 0 bridgehead atoms. The van der Waals surface area contributed by atoms with E-state index in [1.54, 1.807) is 28.7 Å². The highest BCUT2D eigenvalue weighted by atomic mass is 32.2. The first-order valence-electron chi connectivity index (χ1n) is 12.8. The van der Waals surface area contributed by atoms with Crippen LogP contribution in [0.5, 0.6) is 11.5 Å². The summed E-state index contributed by atoms with van der Waals surface area (Å²) in [5.41, 5.74) is 1.81. The van der Waals surface area contributed by atoms with Crippen molar-refractivity contribution in [1.82, 2.24) is 14.2 Å². The highest BCUT2D eigenvalue weighted by Gasteiger charge is 2.36. The number of hydrogen-bond acceptors (Lipinski definition) is 7. The van der Waals surface area contributed by atoms with Gasteiger partial charge in [-0.05, 0) is 62.2 Å². The highest BCUT2D eigenvalue weighted by Crippen LogP contribution is 2.40. The van der Waals surface area contributed by atoms with E-state index in [0.717, 1.165) is 69.2 Å². The Balaban J connectivity index is 1.09. The van der Waals surface area contributed by atoms with Crippen LogP contribution in [0.3, 0.4) is 0 Å². The quantitative estimate of drug-likeness (QED) is 0.505. The molecular formula is C27H32N4O4S. The van der Waals surface area contributed by atoms with E-state index >= 15 is 0 Å². The third-order valence-corrected chi connectivity index (χ3v) is 9.56. The first-order valence-corrected chi connectivity index (χ1v) is 14.3. The number of fused-ring (bicyclic) bond motifs is 2. The Hall–Kier alpha value is -2.88. The van der Waals surface area contributed by atoms with Gasteiger partial charge in [-0.2, -0.15) is 4.31 Å². The van der Waals surface area contributed by atoms with E-state index in [-0.39, 0.29) is 6.04 Å². The van der Waals surface area contributed by atoms with Gasteiger partial charge in [-0.25, -0.2) is 8.42 Å². The van der Waals surface area contributed by atoms with Gasteiger partial charge in [-0.1, -0.05) is 12.1 Å². The topological polar surface area (TPSA) is 75.2 Å². The van der Waals surface area contributed by atoms with Crippen LogP contribution in [-0.2, 0) is 10.0 Å². The predicted octanol–water partition coefficient (Wildman–Crippen LogP) is 3.37. The number of piperazine rings is 1. The Morgan fingerprint density at radius 1 is 0.917 bits per heavy atom. The molecule has 3 aliphatic heterocycles. The lowest BCUT2D eigenvalue weighted by atomic mass is 10.1. The Labute approximate surface area is 212 Å². The van der Waals surface area contributed by atoms with Crippen LogP contribution < -0.4 is 14.4 Å². The lowest BCUT2D eigenvalue weighted by molar-refractivity contribution is 0.171. The minimum absolute atomic E-state index is 0.0339. The summed E-state index contributed by atoms with van der Waals surface area (Å²) in [6.45, 7) is 6.37. The Morgan fingerprint density at radius 3 is 2.64 bits per heavy atom. The van der Waals surface area contributed by atoms with E-state index in [0.29, 0.717) is 35.6 Å². The zero-order valence-corrected chi connectivity index (χ0v) is 21.2. The normalized spacial score (nSPS) is 21.2. The molecule has 2 aromatic carbocycles. The van der Waals surface area contributed by atoms with E-state index in [1.807, 2.05) is 24.3 Å². The number of aromatic nitrogens is 1. The summed E-state index contributed by atoms with van der Waals surface area (Å²) in [5, 5.41) is 0.694. The van der Waals surface area contributed by atoms with Crippen molar-refractivity contribution in [1.29, 1.82) is 0 Å². The smallest absolute Gasteiger partial charge is 0.243 e. The number of pyridine rings is 1. The molecule has 0 radical (unpaired) electrons. The van der Waals surface area contributed by atoms with Crippen molar-refractivity contribution in [2.45, 2.75) is 30.2 Å². The fourth-order valence-electron chi connectivity index (χ4n) is 5.69. The molecule has 36 heavy (non-hydrogen) atoms. The van der Waals surface area contributed by atoms with Crippen molar-refractivity contribution >= 4 is 26.6 Å². The number of sulfonamides is 1. The average molecular weight is 509 g/mol. The predicted molar refractivity (Wildman–Crippen MR) is 139 cm³/mol. The molecule has 0 amide bonds. The SMILES string of the molecule is O=S(=O)(c1cccc2ncccc12)N1CCC[C@H]1CCN1CCN(c2cccc3c2OCCO3)CC1. The zero-order valence-electron chi connectivity index (χ0n) is 20.4. The maximum atomic E-state index is 13.7. The summed E-state index contributed by atoms with van der Waals surface area (Å²) in [6.07, 6.45) is 4.36. The standard InChI is InChI=1S/C27H32N4O4S/c32-36(33,26-10-1-7-23-22(26)6-3-12-28-23)31-13-4-5-21(31)11-14-29-15-17-30(18-16-29)24-8-2-9-25-27(24)35-20-19-34-25/h1-3,6-10,12,21H,4-5,11,13-20H2/t21-/m0/s1. The Kier molecular flexibility index (Phi) is 6.45. The van der Waals surface area contributed by atoms with Crippen molar-refractivity contribution in [2.24, 2.45) is 0 Å². The maximum Gasteiger partial charge on any atom is 0.243 e. The molecule has 8 nitrogen and oxygen atoms in total. The number of nitrogens with zero attached hydrogens (tertiary/aromatic N) is 4. The van der Waals surface area contributed by atoms with Crippen molar-refractivity contribution in [3.63, 3.8) is 0 Å². The van der Waals surface area contributed by atoms with Crippen molar-refractivity contribution in [3.8, 4) is 11.5 Å². The van der Waals surface area contributed by atoms with E-state index in [1.165, 1.54) is 0 Å². The molecular weight excluding hydrogens is 476 g/mol. The second kappa shape index (κ2) is 9.88. The summed E-state index contributed by atoms with van der Waals surface area (Å²) >= 11 is 0.